The van der Waals surface area contributed by atoms with Crippen LogP contribution >= 0.6 is 0 Å². The van der Waals surface area contributed by atoms with Crippen LogP contribution in [0.3, 0.4) is 0 Å². The first-order chi connectivity index (χ1) is 71.4. The average Bonchev–Trinajstić information content (AvgIpc) is 1.58. The Morgan fingerprint density at radius 2 is 0.236 bits per heavy atom. The number of hydrogen-bond acceptors (Lipinski definition) is 0. The number of fused-ring (bicyclic) bond motifs is 18. The number of aromatic nitrogens is 6. The molecule has 0 atom stereocenters. The molecule has 0 fully saturated rings. The van der Waals surface area contributed by atoms with E-state index in [9.17, 15) is 0 Å². The topological polar surface area (TPSA) is 29.6 Å². The van der Waals surface area contributed by atoms with Crippen molar-refractivity contribution in [2.45, 2.75) is 0 Å². The molecule has 6 heterocycles. The van der Waals surface area contributed by atoms with E-state index < -0.39 is 0 Å². The molecule has 6 aromatic heterocycles. The maximum atomic E-state index is 2.44. The normalized spacial score (nSPS) is 11.6. The molecule has 29 rings (SSSR count). The van der Waals surface area contributed by atoms with Gasteiger partial charge in [-0.25, -0.2) is 0 Å². The number of para-hydroxylation sites is 8. The second-order valence-corrected chi connectivity index (χ2v) is 37.4. The summed E-state index contributed by atoms with van der Waals surface area (Å²) in [6.07, 6.45) is 0. The Labute approximate surface area is 833 Å². The van der Waals surface area contributed by atoms with Crippen molar-refractivity contribution >= 4 is 131 Å². The molecular formula is C138H92N6. The summed E-state index contributed by atoms with van der Waals surface area (Å²) in [5.74, 6) is 0. The van der Waals surface area contributed by atoms with Crippen LogP contribution in [0.5, 0.6) is 0 Å². The van der Waals surface area contributed by atoms with Crippen LogP contribution in [0.15, 0.2) is 558 Å². The van der Waals surface area contributed by atoms with Gasteiger partial charge < -0.3 is 27.4 Å². The van der Waals surface area contributed by atoms with Gasteiger partial charge in [0.25, 0.3) is 0 Å². The summed E-state index contributed by atoms with van der Waals surface area (Å²) in [5.41, 5.74) is 40.9. The highest BCUT2D eigenvalue weighted by atomic mass is 15.0. The zero-order valence-corrected chi connectivity index (χ0v) is 78.8. The van der Waals surface area contributed by atoms with Gasteiger partial charge in [0, 0.05) is 98.8 Å². The molecule has 0 radical (unpaired) electrons. The van der Waals surface area contributed by atoms with E-state index in [0.717, 1.165) is 22.7 Å². The van der Waals surface area contributed by atoms with E-state index in [1.165, 1.54) is 231 Å². The molecule has 0 saturated carbocycles. The third-order valence-corrected chi connectivity index (χ3v) is 29.1. The van der Waals surface area contributed by atoms with Crippen LogP contribution in [0.4, 0.5) is 0 Å². The van der Waals surface area contributed by atoms with Gasteiger partial charge in [-0.15, -0.1) is 0 Å². The first kappa shape index (κ1) is 84.2. The van der Waals surface area contributed by atoms with Gasteiger partial charge in [-0.3, -0.25) is 0 Å². The van der Waals surface area contributed by atoms with E-state index in [1.807, 2.05) is 0 Å². The van der Waals surface area contributed by atoms with Gasteiger partial charge in [0.2, 0.25) is 0 Å². The number of benzene rings is 23. The SMILES string of the molecule is c1ccc(-c2ccc(-n3c4ccccc4c4cc(-c5ccc6c(c5)c5ccccc5n6-c5cc(-c6ccccc6)cc(-c6ccccc6)c5)ccc43)cc2)cc1.c1ccc(-c2ccc(-n3c4ccccc4c4cc(-c5ccc6c(c5)c5ccccc5n6-c5cccc(-c6ccccc6)c5)ccc43)cc2)cc1.c1ccc(-n2c3ccccc3c3cc(-c4ccc5c(c4)c4ccccc4n5-c4ccccc4)ccc32)cc1. The maximum Gasteiger partial charge on any atom is 0.0541 e. The Morgan fingerprint density at radius 1 is 0.0764 bits per heavy atom. The van der Waals surface area contributed by atoms with Crippen LogP contribution in [-0.4, -0.2) is 27.4 Å². The van der Waals surface area contributed by atoms with E-state index in [1.54, 1.807) is 0 Å². The van der Waals surface area contributed by atoms with Crippen LogP contribution in [0.2, 0.25) is 0 Å². The number of rotatable bonds is 14. The van der Waals surface area contributed by atoms with Crippen molar-refractivity contribution in [1.82, 2.24) is 27.4 Å². The van der Waals surface area contributed by atoms with Gasteiger partial charge in [-0.05, 0) is 277 Å². The van der Waals surface area contributed by atoms with Crippen LogP contribution in [0.1, 0.15) is 0 Å². The molecule has 144 heavy (non-hydrogen) atoms. The van der Waals surface area contributed by atoms with Crippen molar-refractivity contribution in [3.05, 3.63) is 558 Å². The summed E-state index contributed by atoms with van der Waals surface area (Å²) in [6.45, 7) is 0. The fraction of sp³-hybridized carbons (Fsp3) is 0. The van der Waals surface area contributed by atoms with Crippen molar-refractivity contribution in [1.29, 1.82) is 0 Å². The van der Waals surface area contributed by atoms with Gasteiger partial charge >= 0.3 is 0 Å². The Morgan fingerprint density at radius 3 is 0.500 bits per heavy atom. The Balaban J connectivity index is 0.000000109. The summed E-state index contributed by atoms with van der Waals surface area (Å²) in [6, 6.07) is 202. The summed E-state index contributed by atoms with van der Waals surface area (Å²) < 4.78 is 14.4. The molecule has 23 aromatic carbocycles. The van der Waals surface area contributed by atoms with Crippen molar-refractivity contribution in [2.24, 2.45) is 0 Å². The van der Waals surface area contributed by atoms with Crippen LogP contribution in [0, 0.1) is 0 Å². The quantitative estimate of drug-likeness (QED) is 0.104. The molecule has 0 aliphatic heterocycles. The van der Waals surface area contributed by atoms with Crippen molar-refractivity contribution < 1.29 is 0 Å². The van der Waals surface area contributed by atoms with Crippen LogP contribution in [0.25, 0.3) is 254 Å². The predicted octanol–water partition coefficient (Wildman–Crippen LogP) is 37.0. The molecule has 0 aliphatic carbocycles. The van der Waals surface area contributed by atoms with Gasteiger partial charge in [0.1, 0.15) is 0 Å². The lowest BCUT2D eigenvalue weighted by Crippen LogP contribution is -1.96. The molecule has 0 aliphatic rings. The minimum absolute atomic E-state index is 1.15. The third-order valence-electron chi connectivity index (χ3n) is 29.1. The average molecular weight is 1830 g/mol. The lowest BCUT2D eigenvalue weighted by atomic mass is 9.98. The van der Waals surface area contributed by atoms with E-state index in [-0.39, 0.29) is 0 Å². The molecule has 6 heteroatoms. The summed E-state index contributed by atoms with van der Waals surface area (Å²) >= 11 is 0. The van der Waals surface area contributed by atoms with Crippen molar-refractivity contribution in [2.75, 3.05) is 0 Å². The summed E-state index contributed by atoms with van der Waals surface area (Å²) in [7, 11) is 0. The van der Waals surface area contributed by atoms with E-state index in [2.05, 4.69) is 586 Å². The Hall–Kier alpha value is -19.1. The van der Waals surface area contributed by atoms with Gasteiger partial charge in [-0.1, -0.05) is 370 Å². The highest BCUT2D eigenvalue weighted by Gasteiger charge is 2.24. The lowest BCUT2D eigenvalue weighted by molar-refractivity contribution is 1.18. The number of hydrogen-bond donors (Lipinski definition) is 0. The second-order valence-electron chi connectivity index (χ2n) is 37.4. The minimum Gasteiger partial charge on any atom is -0.309 e. The first-order valence-electron chi connectivity index (χ1n) is 49.5. The van der Waals surface area contributed by atoms with E-state index in [0.29, 0.717) is 0 Å². The van der Waals surface area contributed by atoms with Gasteiger partial charge in [-0.2, -0.15) is 0 Å². The van der Waals surface area contributed by atoms with Gasteiger partial charge in [0.05, 0.1) is 66.2 Å². The zero-order chi connectivity index (χ0) is 95.1. The maximum absolute atomic E-state index is 2.44. The van der Waals surface area contributed by atoms with Crippen LogP contribution in [-0.2, 0) is 0 Å². The third kappa shape index (κ3) is 14.8. The molecule has 0 unspecified atom stereocenters. The highest BCUT2D eigenvalue weighted by Crippen LogP contribution is 2.46. The monoisotopic (exact) mass is 1830 g/mol. The lowest BCUT2D eigenvalue weighted by Gasteiger charge is -2.14. The molecule has 29 aromatic rings. The number of nitrogens with zero attached hydrogens (tertiary/aromatic N) is 6. The first-order valence-corrected chi connectivity index (χ1v) is 49.5. The fourth-order valence-corrected chi connectivity index (χ4v) is 22.4. The molecule has 6 nitrogen and oxygen atoms in total. The van der Waals surface area contributed by atoms with Crippen LogP contribution < -0.4 is 0 Å². The predicted molar refractivity (Wildman–Crippen MR) is 609 cm³/mol. The van der Waals surface area contributed by atoms with Crippen molar-refractivity contribution in [3.63, 3.8) is 0 Å². The second kappa shape index (κ2) is 35.7. The smallest absolute Gasteiger partial charge is 0.0541 e. The highest BCUT2D eigenvalue weighted by molar-refractivity contribution is 6.17. The van der Waals surface area contributed by atoms with E-state index in [4.69, 9.17) is 0 Å². The molecule has 674 valence electrons. The zero-order valence-electron chi connectivity index (χ0n) is 78.8. The van der Waals surface area contributed by atoms with E-state index >= 15 is 0 Å². The standard InChI is InChI=1S/C54H36N2.C48H32N2.C36H24N2/c1-4-14-37(15-5-1)40-24-28-45(29-25-40)55-51-22-12-10-20-47(51)49-35-41(26-30-53(49)55)42-27-31-54-50(36-42)48-21-11-13-23-52(48)56(54)46-33-43(38-16-6-2-7-17-38)32-44(34-46)39-18-8-3-9-19-39;1-3-12-33(13-4-1)35-22-26-39(27-23-35)49-45-20-9-7-18-41(45)43-31-37(24-28-47(43)49)38-25-29-48-44(32-38)42-19-8-10-21-46(42)50(48)40-17-11-16-36(30-40)34-14-5-2-6-15-34;1-3-11-27(12-4-1)37-33-17-9-7-15-29(33)31-23-25(19-21-35(31)37)26-20-22-36-32(24-26)30-16-8-10-18-34(30)38(36)28-13-5-2-6-14-28/h1-36H;1-32H;1-24H. The molecular weight excluding hydrogens is 1740 g/mol. The summed E-state index contributed by atoms with van der Waals surface area (Å²) in [4.78, 5) is 0. The summed E-state index contributed by atoms with van der Waals surface area (Å²) in [5, 5.41) is 15.1. The largest absolute Gasteiger partial charge is 0.309 e. The molecule has 0 spiro atoms. The van der Waals surface area contributed by atoms with Crippen molar-refractivity contribution in [3.8, 4) is 123 Å². The molecule has 0 bridgehead atoms. The molecule has 0 saturated heterocycles. The Bertz CT molecular complexity index is 9750. The minimum atomic E-state index is 1.15. The Kier molecular flexibility index (Phi) is 20.9. The van der Waals surface area contributed by atoms with Gasteiger partial charge in [0.15, 0.2) is 0 Å². The molecule has 0 amide bonds. The fourth-order valence-electron chi connectivity index (χ4n) is 22.4. The molecule has 0 N–H and O–H groups in total.